The lowest BCUT2D eigenvalue weighted by atomic mass is 9.90. The Morgan fingerprint density at radius 1 is 1.25 bits per heavy atom. The van der Waals surface area contributed by atoms with Gasteiger partial charge in [-0.05, 0) is 44.1 Å². The number of halogens is 2. The van der Waals surface area contributed by atoms with Crippen molar-refractivity contribution < 1.29 is 14.0 Å². The number of nitrogens with zero attached hydrogens (tertiary/aromatic N) is 2. The van der Waals surface area contributed by atoms with Crippen LogP contribution >= 0.6 is 35.0 Å². The third kappa shape index (κ3) is 4.64. The van der Waals surface area contributed by atoms with E-state index >= 15 is 0 Å². The van der Waals surface area contributed by atoms with Gasteiger partial charge in [-0.3, -0.25) is 14.6 Å². The molecule has 0 saturated carbocycles. The van der Waals surface area contributed by atoms with Crippen LogP contribution in [0.3, 0.4) is 0 Å². The molecule has 150 valence electrons. The highest BCUT2D eigenvalue weighted by Crippen LogP contribution is 2.28. The fourth-order valence-corrected chi connectivity index (χ4v) is 4.23. The molecule has 1 saturated heterocycles. The first-order valence-electron chi connectivity index (χ1n) is 8.93. The van der Waals surface area contributed by atoms with E-state index in [-0.39, 0.29) is 33.8 Å². The van der Waals surface area contributed by atoms with Crippen molar-refractivity contribution in [3.63, 3.8) is 0 Å². The van der Waals surface area contributed by atoms with Crippen molar-refractivity contribution in [2.24, 2.45) is 5.92 Å². The van der Waals surface area contributed by atoms with E-state index in [1.165, 1.54) is 24.2 Å². The Morgan fingerprint density at radius 3 is 2.46 bits per heavy atom. The number of hydrogen-bond acceptors (Lipinski definition) is 5. The smallest absolute Gasteiger partial charge is 0.287 e. The highest BCUT2D eigenvalue weighted by Gasteiger charge is 2.29. The first kappa shape index (κ1) is 21.0. The number of carbonyl (C=O) groups excluding carboxylic acids is 2. The Balaban J connectivity index is 1.56. The molecule has 1 N–H and O–H groups in total. The maximum atomic E-state index is 12.8. The van der Waals surface area contributed by atoms with Gasteiger partial charge in [0.15, 0.2) is 10.9 Å². The Hall–Kier alpha value is -1.70. The van der Waals surface area contributed by atoms with Crippen LogP contribution in [0.25, 0.3) is 0 Å². The van der Waals surface area contributed by atoms with Crippen LogP contribution in [0.2, 0.25) is 10.0 Å². The molecule has 2 aromatic rings. The molecule has 1 aliphatic heterocycles. The highest BCUT2D eigenvalue weighted by molar-refractivity contribution is 7.98. The number of nitrogens with one attached hydrogen (secondary N) is 1. The van der Waals surface area contributed by atoms with Crippen LogP contribution in [-0.2, 0) is 0 Å². The van der Waals surface area contributed by atoms with Crippen molar-refractivity contribution in [3.8, 4) is 0 Å². The number of likely N-dealkylation sites (tertiary alicyclic amines) is 1. The molecule has 3 heterocycles. The Morgan fingerprint density at radius 2 is 1.89 bits per heavy atom. The molecule has 0 aromatic carbocycles. The monoisotopic (exact) mass is 441 g/mol. The standard InChI is InChI=1S/C19H21Cl2N3O3S/c1-11(23-18(25)15-3-4-16(27-15)28-2)12-5-7-24(8-6-12)19(26)17-13(20)9-22-10-14(17)21/h3-4,9-12H,5-8H2,1-2H3,(H,23,25)/t11-/m0/s1. The highest BCUT2D eigenvalue weighted by atomic mass is 35.5. The molecule has 0 spiro atoms. The molecule has 28 heavy (non-hydrogen) atoms. The normalized spacial score (nSPS) is 16.1. The van der Waals surface area contributed by atoms with Gasteiger partial charge in [0.05, 0.1) is 15.6 Å². The van der Waals surface area contributed by atoms with E-state index < -0.39 is 0 Å². The third-order valence-electron chi connectivity index (χ3n) is 4.97. The van der Waals surface area contributed by atoms with Crippen molar-refractivity contribution in [2.75, 3.05) is 19.3 Å². The zero-order valence-electron chi connectivity index (χ0n) is 15.6. The summed E-state index contributed by atoms with van der Waals surface area (Å²) in [6, 6.07) is 3.43. The number of aromatic nitrogens is 1. The fourth-order valence-electron chi connectivity index (χ4n) is 3.32. The molecule has 0 bridgehead atoms. The van der Waals surface area contributed by atoms with Crippen LogP contribution in [-0.4, -0.2) is 47.1 Å². The molecule has 1 fully saturated rings. The molecule has 6 nitrogen and oxygen atoms in total. The zero-order chi connectivity index (χ0) is 20.3. The Labute approximate surface area is 178 Å². The summed E-state index contributed by atoms with van der Waals surface area (Å²) in [6.07, 6.45) is 6.29. The Bertz CT molecular complexity index is 846. The minimum Gasteiger partial charge on any atom is -0.445 e. The molecule has 2 aromatic heterocycles. The van der Waals surface area contributed by atoms with E-state index in [4.69, 9.17) is 27.6 Å². The third-order valence-corrected chi connectivity index (χ3v) is 6.16. The number of rotatable bonds is 5. The zero-order valence-corrected chi connectivity index (χ0v) is 17.9. The molecule has 0 aliphatic carbocycles. The largest absolute Gasteiger partial charge is 0.445 e. The van der Waals surface area contributed by atoms with E-state index in [0.29, 0.717) is 29.5 Å². The van der Waals surface area contributed by atoms with Gasteiger partial charge in [0, 0.05) is 31.5 Å². The molecule has 1 aliphatic rings. The minimum atomic E-state index is -0.221. The van der Waals surface area contributed by atoms with Gasteiger partial charge in [-0.1, -0.05) is 35.0 Å². The minimum absolute atomic E-state index is 0.0271. The number of carbonyl (C=O) groups is 2. The lowest BCUT2D eigenvalue weighted by Crippen LogP contribution is -2.45. The van der Waals surface area contributed by atoms with Gasteiger partial charge in [-0.25, -0.2) is 0 Å². The van der Waals surface area contributed by atoms with Gasteiger partial charge in [0.2, 0.25) is 0 Å². The van der Waals surface area contributed by atoms with Crippen molar-refractivity contribution in [3.05, 3.63) is 45.9 Å². The van der Waals surface area contributed by atoms with Gasteiger partial charge in [0.25, 0.3) is 11.8 Å². The molecular formula is C19H21Cl2N3O3S. The van der Waals surface area contributed by atoms with Crippen LogP contribution in [0.5, 0.6) is 0 Å². The summed E-state index contributed by atoms with van der Waals surface area (Å²) < 4.78 is 5.47. The second kappa shape index (κ2) is 9.20. The van der Waals surface area contributed by atoms with Crippen LogP contribution < -0.4 is 5.32 Å². The number of furan rings is 1. The van der Waals surface area contributed by atoms with Gasteiger partial charge >= 0.3 is 0 Å². The summed E-state index contributed by atoms with van der Waals surface area (Å²) >= 11 is 13.6. The van der Waals surface area contributed by atoms with Crippen molar-refractivity contribution in [1.29, 1.82) is 0 Å². The number of piperidine rings is 1. The second-order valence-electron chi connectivity index (χ2n) is 6.69. The number of hydrogen-bond donors (Lipinski definition) is 1. The van der Waals surface area contributed by atoms with E-state index in [1.807, 2.05) is 13.2 Å². The average Bonchev–Trinajstić information content (AvgIpc) is 3.17. The van der Waals surface area contributed by atoms with Gasteiger partial charge < -0.3 is 14.6 Å². The van der Waals surface area contributed by atoms with Gasteiger partial charge in [-0.15, -0.1) is 0 Å². The molecule has 9 heteroatoms. The number of thioether (sulfide) groups is 1. The molecule has 1 atom stereocenters. The molecule has 0 radical (unpaired) electrons. The maximum absolute atomic E-state index is 12.8. The van der Waals surface area contributed by atoms with E-state index in [2.05, 4.69) is 10.3 Å². The van der Waals surface area contributed by atoms with Crippen LogP contribution in [0.1, 0.15) is 40.7 Å². The summed E-state index contributed by atoms with van der Waals surface area (Å²) in [7, 11) is 0. The second-order valence-corrected chi connectivity index (χ2v) is 8.32. The summed E-state index contributed by atoms with van der Waals surface area (Å²) in [5, 5.41) is 4.21. The summed E-state index contributed by atoms with van der Waals surface area (Å²) in [5.41, 5.74) is 0.292. The van der Waals surface area contributed by atoms with Crippen molar-refractivity contribution >= 4 is 46.8 Å². The fraction of sp³-hybridized carbons (Fsp3) is 0.421. The van der Waals surface area contributed by atoms with E-state index in [1.54, 1.807) is 17.0 Å². The predicted molar refractivity (Wildman–Crippen MR) is 110 cm³/mol. The quantitative estimate of drug-likeness (QED) is 0.696. The lowest BCUT2D eigenvalue weighted by molar-refractivity contribution is 0.0661. The SMILES string of the molecule is CSc1ccc(C(=O)N[C@@H](C)C2CCN(C(=O)c3c(Cl)cncc3Cl)CC2)o1. The lowest BCUT2D eigenvalue weighted by Gasteiger charge is -2.35. The van der Waals surface area contributed by atoms with Gasteiger partial charge in [0.1, 0.15) is 0 Å². The Kier molecular flexibility index (Phi) is 6.91. The van der Waals surface area contributed by atoms with E-state index in [0.717, 1.165) is 12.8 Å². The molecule has 2 amide bonds. The molecule has 0 unspecified atom stereocenters. The maximum Gasteiger partial charge on any atom is 0.287 e. The van der Waals surface area contributed by atoms with Crippen LogP contribution in [0.15, 0.2) is 34.0 Å². The molecular weight excluding hydrogens is 421 g/mol. The van der Waals surface area contributed by atoms with Gasteiger partial charge in [-0.2, -0.15) is 0 Å². The molecule has 3 rings (SSSR count). The topological polar surface area (TPSA) is 75.4 Å². The van der Waals surface area contributed by atoms with E-state index in [9.17, 15) is 9.59 Å². The average molecular weight is 442 g/mol. The number of pyridine rings is 1. The van der Waals surface area contributed by atoms with Crippen molar-refractivity contribution in [1.82, 2.24) is 15.2 Å². The number of amides is 2. The first-order chi connectivity index (χ1) is 13.4. The van der Waals surface area contributed by atoms with Crippen molar-refractivity contribution in [2.45, 2.75) is 30.9 Å². The predicted octanol–water partition coefficient (Wildman–Crippen LogP) is 4.37. The summed E-state index contributed by atoms with van der Waals surface area (Å²) in [6.45, 7) is 3.14. The summed E-state index contributed by atoms with van der Waals surface area (Å²) in [4.78, 5) is 30.7. The van der Waals surface area contributed by atoms with Crippen LogP contribution in [0.4, 0.5) is 0 Å². The first-order valence-corrected chi connectivity index (χ1v) is 10.9. The van der Waals surface area contributed by atoms with Crippen LogP contribution in [0, 0.1) is 5.92 Å². The summed E-state index contributed by atoms with van der Waals surface area (Å²) in [5.74, 6) is 0.173.